The normalized spacial score (nSPS) is 12.9. The van der Waals surface area contributed by atoms with E-state index in [-0.39, 0.29) is 16.2 Å². The van der Waals surface area contributed by atoms with Crippen molar-refractivity contribution in [2.24, 2.45) is 0 Å². The van der Waals surface area contributed by atoms with Crippen molar-refractivity contribution in [3.63, 3.8) is 0 Å². The Bertz CT molecular complexity index is 713. The quantitative estimate of drug-likeness (QED) is 0.874. The molecule has 0 saturated heterocycles. The van der Waals surface area contributed by atoms with E-state index >= 15 is 0 Å². The molecule has 1 atom stereocenters. The highest BCUT2D eigenvalue weighted by Crippen LogP contribution is 2.28. The summed E-state index contributed by atoms with van der Waals surface area (Å²) in [5, 5.41) is 2.77. The van der Waals surface area contributed by atoms with Crippen LogP contribution in [-0.2, 0) is 9.05 Å². The van der Waals surface area contributed by atoms with E-state index in [0.717, 1.165) is 11.3 Å². The van der Waals surface area contributed by atoms with E-state index in [1.54, 1.807) is 31.3 Å². The van der Waals surface area contributed by atoms with Crippen molar-refractivity contribution < 1.29 is 13.2 Å². The predicted octanol–water partition coefficient (Wildman–Crippen LogP) is 2.56. The number of aromatic nitrogens is 1. The SMILES string of the molecule is CC(NC(=O)c1cccnc1)c1ccc(S(=O)(=O)Cl)s1. The molecule has 20 heavy (non-hydrogen) atoms. The lowest BCUT2D eigenvalue weighted by molar-refractivity contribution is 0.0940. The second kappa shape index (κ2) is 5.90. The average Bonchev–Trinajstić information content (AvgIpc) is 2.89. The Hall–Kier alpha value is -1.44. The Morgan fingerprint density at radius 3 is 2.70 bits per heavy atom. The lowest BCUT2D eigenvalue weighted by Crippen LogP contribution is -2.26. The molecule has 0 aliphatic rings. The minimum atomic E-state index is -3.73. The molecule has 0 bridgehead atoms. The first-order valence-electron chi connectivity index (χ1n) is 5.63. The third-order valence-electron chi connectivity index (χ3n) is 2.54. The van der Waals surface area contributed by atoms with Gasteiger partial charge in [0.25, 0.3) is 15.0 Å². The zero-order valence-corrected chi connectivity index (χ0v) is 12.8. The van der Waals surface area contributed by atoms with Crippen molar-refractivity contribution in [1.82, 2.24) is 10.3 Å². The molecule has 2 aromatic heterocycles. The fourth-order valence-corrected chi connectivity index (χ4v) is 3.64. The van der Waals surface area contributed by atoms with Crippen LogP contribution >= 0.6 is 22.0 Å². The van der Waals surface area contributed by atoms with Gasteiger partial charge in [-0.2, -0.15) is 0 Å². The van der Waals surface area contributed by atoms with E-state index in [0.29, 0.717) is 10.4 Å². The van der Waals surface area contributed by atoms with Crippen molar-refractivity contribution in [2.45, 2.75) is 17.2 Å². The fourth-order valence-electron chi connectivity index (χ4n) is 1.55. The molecule has 1 amide bonds. The Kier molecular flexibility index (Phi) is 4.42. The summed E-state index contributed by atoms with van der Waals surface area (Å²) in [5.74, 6) is -0.269. The van der Waals surface area contributed by atoms with Gasteiger partial charge in [-0.15, -0.1) is 11.3 Å². The number of carbonyl (C=O) groups is 1. The van der Waals surface area contributed by atoms with Crippen molar-refractivity contribution >= 4 is 37.0 Å². The maximum absolute atomic E-state index is 11.9. The fraction of sp³-hybridized carbons (Fsp3) is 0.167. The number of thiophene rings is 1. The largest absolute Gasteiger partial charge is 0.345 e. The van der Waals surface area contributed by atoms with E-state index in [4.69, 9.17) is 10.7 Å². The molecule has 0 radical (unpaired) electrons. The molecule has 2 aromatic rings. The summed E-state index contributed by atoms with van der Waals surface area (Å²) >= 11 is 1.03. The second-order valence-electron chi connectivity index (χ2n) is 4.03. The van der Waals surface area contributed by atoms with Crippen LogP contribution in [0.5, 0.6) is 0 Å². The summed E-state index contributed by atoms with van der Waals surface area (Å²) in [4.78, 5) is 16.5. The van der Waals surface area contributed by atoms with Gasteiger partial charge in [-0.05, 0) is 31.2 Å². The smallest absolute Gasteiger partial charge is 0.270 e. The molecule has 1 N–H and O–H groups in total. The molecular formula is C12H11ClN2O3S2. The van der Waals surface area contributed by atoms with Crippen LogP contribution in [0.4, 0.5) is 0 Å². The minimum absolute atomic E-state index is 0.0663. The zero-order valence-electron chi connectivity index (χ0n) is 10.4. The van der Waals surface area contributed by atoms with Crippen LogP contribution in [0.2, 0.25) is 0 Å². The lowest BCUT2D eigenvalue weighted by Gasteiger charge is -2.11. The molecule has 1 unspecified atom stereocenters. The molecule has 0 fully saturated rings. The van der Waals surface area contributed by atoms with Gasteiger partial charge in [-0.3, -0.25) is 9.78 Å². The third-order valence-corrected chi connectivity index (χ3v) is 5.90. The monoisotopic (exact) mass is 330 g/mol. The molecule has 8 heteroatoms. The maximum atomic E-state index is 11.9. The molecule has 106 valence electrons. The Morgan fingerprint density at radius 2 is 2.15 bits per heavy atom. The van der Waals surface area contributed by atoms with Gasteiger partial charge >= 0.3 is 0 Å². The topological polar surface area (TPSA) is 76.1 Å². The summed E-state index contributed by atoms with van der Waals surface area (Å²) in [7, 11) is 1.54. The lowest BCUT2D eigenvalue weighted by atomic mass is 10.2. The van der Waals surface area contributed by atoms with Gasteiger partial charge in [-0.1, -0.05) is 0 Å². The first-order chi connectivity index (χ1) is 9.38. The summed E-state index contributed by atoms with van der Waals surface area (Å²) in [6, 6.07) is 6.06. The Labute approximate surface area is 125 Å². The highest BCUT2D eigenvalue weighted by molar-refractivity contribution is 8.15. The minimum Gasteiger partial charge on any atom is -0.345 e. The van der Waals surface area contributed by atoms with Gasteiger partial charge < -0.3 is 5.32 Å². The average molecular weight is 331 g/mol. The summed E-state index contributed by atoms with van der Waals surface area (Å²) in [5.41, 5.74) is 0.445. The molecule has 0 saturated carbocycles. The molecule has 5 nitrogen and oxygen atoms in total. The van der Waals surface area contributed by atoms with E-state index in [2.05, 4.69) is 10.3 Å². The van der Waals surface area contributed by atoms with Gasteiger partial charge in [0.05, 0.1) is 11.6 Å². The second-order valence-corrected chi connectivity index (χ2v) is 7.94. The maximum Gasteiger partial charge on any atom is 0.270 e. The van der Waals surface area contributed by atoms with Crippen LogP contribution in [0.1, 0.15) is 28.2 Å². The number of amides is 1. The number of nitrogens with zero attached hydrogens (tertiary/aromatic N) is 1. The van der Waals surface area contributed by atoms with Crippen molar-refractivity contribution in [3.05, 3.63) is 47.1 Å². The third kappa shape index (κ3) is 3.56. The zero-order chi connectivity index (χ0) is 14.8. The highest BCUT2D eigenvalue weighted by Gasteiger charge is 2.17. The van der Waals surface area contributed by atoms with Gasteiger partial charge in [-0.25, -0.2) is 8.42 Å². The Morgan fingerprint density at radius 1 is 1.40 bits per heavy atom. The van der Waals surface area contributed by atoms with Crippen LogP contribution in [0.15, 0.2) is 40.9 Å². The number of hydrogen-bond donors (Lipinski definition) is 1. The molecule has 0 aliphatic heterocycles. The van der Waals surface area contributed by atoms with Gasteiger partial charge in [0.15, 0.2) is 0 Å². The molecular weight excluding hydrogens is 320 g/mol. The van der Waals surface area contributed by atoms with Crippen LogP contribution in [-0.4, -0.2) is 19.3 Å². The highest BCUT2D eigenvalue weighted by atomic mass is 35.7. The van der Waals surface area contributed by atoms with E-state index < -0.39 is 9.05 Å². The van der Waals surface area contributed by atoms with Crippen LogP contribution < -0.4 is 5.32 Å². The molecule has 0 aliphatic carbocycles. The van der Waals surface area contributed by atoms with Crippen LogP contribution in [0, 0.1) is 0 Å². The first kappa shape index (κ1) is 15.0. The van der Waals surface area contributed by atoms with Gasteiger partial charge in [0, 0.05) is 28.0 Å². The van der Waals surface area contributed by atoms with Crippen molar-refractivity contribution in [3.8, 4) is 0 Å². The standard InChI is InChI=1S/C12H11ClN2O3S2/c1-8(10-4-5-11(19-10)20(13,17)18)15-12(16)9-3-2-6-14-7-9/h2-8H,1H3,(H,15,16). The van der Waals surface area contributed by atoms with Crippen LogP contribution in [0.3, 0.4) is 0 Å². The van der Waals surface area contributed by atoms with Crippen molar-refractivity contribution in [2.75, 3.05) is 0 Å². The predicted molar refractivity (Wildman–Crippen MR) is 77.5 cm³/mol. The number of nitrogens with one attached hydrogen (secondary N) is 1. The summed E-state index contributed by atoms with van der Waals surface area (Å²) in [6.07, 6.45) is 3.04. The number of pyridine rings is 1. The van der Waals surface area contributed by atoms with E-state index in [1.807, 2.05) is 0 Å². The number of halogens is 1. The Balaban J connectivity index is 2.11. The van der Waals surface area contributed by atoms with Crippen LogP contribution in [0.25, 0.3) is 0 Å². The first-order valence-corrected chi connectivity index (χ1v) is 8.76. The molecule has 2 rings (SSSR count). The summed E-state index contributed by atoms with van der Waals surface area (Å²) < 4.78 is 22.5. The van der Waals surface area contributed by atoms with E-state index in [1.165, 1.54) is 12.3 Å². The number of rotatable bonds is 4. The van der Waals surface area contributed by atoms with Gasteiger partial charge in [0.1, 0.15) is 4.21 Å². The molecule has 2 heterocycles. The van der Waals surface area contributed by atoms with Crippen molar-refractivity contribution in [1.29, 1.82) is 0 Å². The molecule has 0 spiro atoms. The van der Waals surface area contributed by atoms with Gasteiger partial charge in [0.2, 0.25) is 0 Å². The molecule has 0 aromatic carbocycles. The van der Waals surface area contributed by atoms with E-state index in [9.17, 15) is 13.2 Å². The summed E-state index contributed by atoms with van der Waals surface area (Å²) in [6.45, 7) is 1.77. The number of carbonyl (C=O) groups excluding carboxylic acids is 1. The number of hydrogen-bond acceptors (Lipinski definition) is 5.